The Morgan fingerprint density at radius 1 is 1.20 bits per heavy atom. The number of carbonyl (C=O) groups excluding carboxylic acids is 1. The van der Waals surface area contributed by atoms with Crippen molar-refractivity contribution in [2.24, 2.45) is 5.73 Å². The van der Waals surface area contributed by atoms with Crippen molar-refractivity contribution < 1.29 is 4.79 Å². The molecule has 5 heteroatoms. The first-order valence-corrected chi connectivity index (χ1v) is 7.93. The van der Waals surface area contributed by atoms with Crippen LogP contribution in [0.2, 0.25) is 0 Å². The number of rotatable bonds is 3. The van der Waals surface area contributed by atoms with Gasteiger partial charge < -0.3 is 10.6 Å². The summed E-state index contributed by atoms with van der Waals surface area (Å²) in [4.78, 5) is 19.0. The lowest BCUT2D eigenvalue weighted by Gasteiger charge is -2.51. The van der Waals surface area contributed by atoms with Gasteiger partial charge in [0.15, 0.2) is 0 Å². The molecule has 0 saturated carbocycles. The molecule has 2 saturated heterocycles. The average Bonchev–Trinajstić information content (AvgIpc) is 2.37. The number of likely N-dealkylation sites (tertiary alicyclic amines) is 1. The van der Waals surface area contributed by atoms with E-state index in [9.17, 15) is 4.79 Å². The Labute approximate surface area is 123 Å². The number of piperidine rings is 1. The second kappa shape index (κ2) is 6.41. The summed E-state index contributed by atoms with van der Waals surface area (Å²) in [7, 11) is 2.18. The van der Waals surface area contributed by atoms with Crippen molar-refractivity contribution in [3.63, 3.8) is 0 Å². The van der Waals surface area contributed by atoms with Crippen LogP contribution in [0.3, 0.4) is 0 Å². The zero-order valence-electron chi connectivity index (χ0n) is 13.4. The topological polar surface area (TPSA) is 52.8 Å². The van der Waals surface area contributed by atoms with Gasteiger partial charge in [0.05, 0.1) is 12.2 Å². The van der Waals surface area contributed by atoms with Gasteiger partial charge in [-0.1, -0.05) is 6.42 Å². The third kappa shape index (κ3) is 3.15. The molecular weight excluding hydrogens is 252 g/mol. The summed E-state index contributed by atoms with van der Waals surface area (Å²) < 4.78 is 0. The molecule has 2 aliphatic heterocycles. The molecule has 4 atom stereocenters. The van der Waals surface area contributed by atoms with E-state index in [0.717, 1.165) is 32.5 Å². The van der Waals surface area contributed by atoms with Crippen molar-refractivity contribution in [2.75, 3.05) is 26.7 Å². The predicted octanol–water partition coefficient (Wildman–Crippen LogP) is 0.697. The number of likely N-dealkylation sites (N-methyl/N-ethyl adjacent to an activating group) is 1. The van der Waals surface area contributed by atoms with Crippen molar-refractivity contribution in [2.45, 2.75) is 64.3 Å². The van der Waals surface area contributed by atoms with E-state index >= 15 is 0 Å². The predicted molar refractivity (Wildman–Crippen MR) is 81.3 cm³/mol. The van der Waals surface area contributed by atoms with Gasteiger partial charge in [-0.2, -0.15) is 0 Å². The number of piperazine rings is 1. The highest BCUT2D eigenvalue weighted by Gasteiger charge is 2.38. The Morgan fingerprint density at radius 3 is 2.35 bits per heavy atom. The lowest BCUT2D eigenvalue weighted by molar-refractivity contribution is -0.130. The quantitative estimate of drug-likeness (QED) is 0.828. The van der Waals surface area contributed by atoms with Crippen LogP contribution in [0.15, 0.2) is 0 Å². The van der Waals surface area contributed by atoms with Gasteiger partial charge in [0.1, 0.15) is 0 Å². The molecule has 0 radical (unpaired) electrons. The molecule has 0 aromatic carbocycles. The molecule has 0 aromatic heterocycles. The number of hydrogen-bond donors (Lipinski definition) is 1. The molecule has 0 aromatic rings. The minimum atomic E-state index is -0.161. The molecule has 5 nitrogen and oxygen atoms in total. The van der Waals surface area contributed by atoms with Gasteiger partial charge in [0.2, 0.25) is 5.91 Å². The third-order valence-electron chi connectivity index (χ3n) is 4.95. The number of nitrogens with two attached hydrogens (primary N) is 1. The number of primary amides is 1. The third-order valence-corrected chi connectivity index (χ3v) is 4.95. The Hall–Kier alpha value is -0.650. The molecule has 2 rings (SSSR count). The fourth-order valence-corrected chi connectivity index (χ4v) is 4.21. The zero-order valence-corrected chi connectivity index (χ0v) is 13.4. The van der Waals surface area contributed by atoms with Crippen LogP contribution in [-0.2, 0) is 4.79 Å². The van der Waals surface area contributed by atoms with Crippen LogP contribution in [0, 0.1) is 0 Å². The number of hydrogen-bond acceptors (Lipinski definition) is 4. The second-order valence-electron chi connectivity index (χ2n) is 6.65. The van der Waals surface area contributed by atoms with E-state index in [0.29, 0.717) is 12.1 Å². The molecule has 0 spiro atoms. The summed E-state index contributed by atoms with van der Waals surface area (Å²) in [6.45, 7) is 9.96. The highest BCUT2D eigenvalue weighted by molar-refractivity contribution is 5.79. The fraction of sp³-hybridized carbons (Fsp3) is 0.933. The first kappa shape index (κ1) is 15.7. The van der Waals surface area contributed by atoms with Crippen LogP contribution in [0.5, 0.6) is 0 Å². The van der Waals surface area contributed by atoms with Gasteiger partial charge >= 0.3 is 0 Å². The molecule has 0 aliphatic carbocycles. The van der Waals surface area contributed by atoms with Crippen molar-refractivity contribution >= 4 is 5.91 Å². The molecule has 0 bridgehead atoms. The van der Waals surface area contributed by atoms with Crippen LogP contribution in [0.4, 0.5) is 0 Å². The average molecular weight is 282 g/mol. The Kier molecular flexibility index (Phi) is 5.04. The normalized spacial score (nSPS) is 35.9. The second-order valence-corrected chi connectivity index (χ2v) is 6.65. The van der Waals surface area contributed by atoms with Gasteiger partial charge in [-0.3, -0.25) is 14.6 Å². The van der Waals surface area contributed by atoms with Gasteiger partial charge in [-0.15, -0.1) is 0 Å². The maximum absolute atomic E-state index is 11.7. The van der Waals surface area contributed by atoms with E-state index in [1.807, 2.05) is 0 Å². The first-order valence-electron chi connectivity index (χ1n) is 7.93. The summed E-state index contributed by atoms with van der Waals surface area (Å²) >= 11 is 0. The van der Waals surface area contributed by atoms with Crippen LogP contribution in [0.25, 0.3) is 0 Å². The lowest BCUT2D eigenvalue weighted by atomic mass is 9.99. The highest BCUT2D eigenvalue weighted by Crippen LogP contribution is 2.25. The van der Waals surface area contributed by atoms with Gasteiger partial charge in [-0.25, -0.2) is 0 Å². The first-order chi connectivity index (χ1) is 9.41. The Bertz CT molecular complexity index is 337. The minimum absolute atomic E-state index is 0.0854. The standard InChI is InChI=1S/C15H30N4O/c1-11-9-17(4)10-12(2)19(11)13(3)18-8-6-5-7-14(18)15(16)20/h11-14H,5-10H2,1-4H3,(H2,16,20)/t11-,12+,13?,14?. The number of amides is 1. The lowest BCUT2D eigenvalue weighted by Crippen LogP contribution is -2.65. The van der Waals surface area contributed by atoms with E-state index in [4.69, 9.17) is 5.73 Å². The zero-order chi connectivity index (χ0) is 14.9. The molecule has 20 heavy (non-hydrogen) atoms. The SMILES string of the molecule is CC(N1CCCCC1C(N)=O)N1[C@H](C)CN(C)C[C@@H]1C. The van der Waals surface area contributed by atoms with E-state index in [-0.39, 0.29) is 18.1 Å². The molecule has 2 heterocycles. The Balaban J connectivity index is 2.11. The van der Waals surface area contributed by atoms with Gasteiger partial charge in [0, 0.05) is 31.7 Å². The van der Waals surface area contributed by atoms with Crippen LogP contribution in [-0.4, -0.2) is 71.6 Å². The molecular formula is C15H30N4O. The molecule has 116 valence electrons. The molecule has 2 fully saturated rings. The largest absolute Gasteiger partial charge is 0.368 e. The van der Waals surface area contributed by atoms with Crippen molar-refractivity contribution in [3.05, 3.63) is 0 Å². The van der Waals surface area contributed by atoms with Gasteiger partial charge in [-0.05, 0) is 40.7 Å². The maximum Gasteiger partial charge on any atom is 0.234 e. The highest BCUT2D eigenvalue weighted by atomic mass is 16.1. The van der Waals surface area contributed by atoms with E-state index < -0.39 is 0 Å². The fourth-order valence-electron chi connectivity index (χ4n) is 4.21. The number of nitrogens with zero attached hydrogens (tertiary/aromatic N) is 3. The summed E-state index contributed by atoms with van der Waals surface area (Å²) in [5.74, 6) is -0.161. The van der Waals surface area contributed by atoms with E-state index in [1.165, 1.54) is 6.42 Å². The van der Waals surface area contributed by atoms with Crippen molar-refractivity contribution in [1.29, 1.82) is 0 Å². The van der Waals surface area contributed by atoms with Crippen molar-refractivity contribution in [1.82, 2.24) is 14.7 Å². The van der Waals surface area contributed by atoms with E-state index in [1.54, 1.807) is 0 Å². The smallest absolute Gasteiger partial charge is 0.234 e. The van der Waals surface area contributed by atoms with E-state index in [2.05, 4.69) is 42.5 Å². The molecule has 1 amide bonds. The number of carbonyl (C=O) groups is 1. The Morgan fingerprint density at radius 2 is 1.80 bits per heavy atom. The summed E-state index contributed by atoms with van der Waals surface area (Å²) in [5.41, 5.74) is 5.61. The molecule has 2 N–H and O–H groups in total. The monoisotopic (exact) mass is 282 g/mol. The van der Waals surface area contributed by atoms with Crippen LogP contribution < -0.4 is 5.73 Å². The molecule has 2 unspecified atom stereocenters. The molecule has 2 aliphatic rings. The summed E-state index contributed by atoms with van der Waals surface area (Å²) in [5, 5.41) is 0. The minimum Gasteiger partial charge on any atom is -0.368 e. The van der Waals surface area contributed by atoms with Crippen LogP contribution in [0.1, 0.15) is 40.0 Å². The van der Waals surface area contributed by atoms with Crippen molar-refractivity contribution in [3.8, 4) is 0 Å². The van der Waals surface area contributed by atoms with Gasteiger partial charge in [0.25, 0.3) is 0 Å². The summed E-state index contributed by atoms with van der Waals surface area (Å²) in [6.07, 6.45) is 3.48. The van der Waals surface area contributed by atoms with Crippen LogP contribution >= 0.6 is 0 Å². The maximum atomic E-state index is 11.7. The summed E-state index contributed by atoms with van der Waals surface area (Å²) in [6, 6.07) is 0.932.